The van der Waals surface area contributed by atoms with Crippen LogP contribution in [0.3, 0.4) is 0 Å². The van der Waals surface area contributed by atoms with Crippen LogP contribution in [0, 0.1) is 5.92 Å². The lowest BCUT2D eigenvalue weighted by molar-refractivity contribution is -0.128. The number of hydrogen-bond donors (Lipinski definition) is 1. The average molecular weight is 512 g/mol. The molecule has 4 rings (SSSR count). The smallest absolute Gasteiger partial charge is 0.410 e. The third-order valence-corrected chi connectivity index (χ3v) is 7.98. The molecule has 36 heavy (non-hydrogen) atoms. The van der Waals surface area contributed by atoms with Gasteiger partial charge in [0.15, 0.2) is 0 Å². The normalized spacial score (nSPS) is 18.6. The molecule has 1 saturated heterocycles. The summed E-state index contributed by atoms with van der Waals surface area (Å²) in [4.78, 5) is 29.9. The third kappa shape index (κ3) is 6.80. The Morgan fingerprint density at radius 1 is 1.06 bits per heavy atom. The molecule has 1 heterocycles. The lowest BCUT2D eigenvalue weighted by Crippen LogP contribution is -2.50. The Morgan fingerprint density at radius 3 is 2.31 bits per heavy atom. The number of halogens is 1. The molecule has 2 atom stereocenters. The first-order chi connectivity index (χ1) is 17.4. The highest BCUT2D eigenvalue weighted by molar-refractivity contribution is 6.30. The van der Waals surface area contributed by atoms with E-state index >= 15 is 0 Å². The molecule has 0 bridgehead atoms. The van der Waals surface area contributed by atoms with Crippen molar-refractivity contribution >= 4 is 23.6 Å². The summed E-state index contributed by atoms with van der Waals surface area (Å²) in [6.07, 6.45) is 5.52. The Bertz CT molecular complexity index is 989. The molecule has 2 aliphatic rings. The largest absolute Gasteiger partial charge is 0.415 e. The Hall–Kier alpha value is -2.57. The van der Waals surface area contributed by atoms with Crippen molar-refractivity contribution in [1.29, 1.82) is 0 Å². The van der Waals surface area contributed by atoms with Crippen LogP contribution in [0.15, 0.2) is 54.6 Å². The van der Waals surface area contributed by atoms with Crippen molar-refractivity contribution in [2.75, 3.05) is 19.6 Å². The number of amides is 2. The molecule has 2 fully saturated rings. The van der Waals surface area contributed by atoms with Crippen LogP contribution in [0.25, 0.3) is 0 Å². The highest BCUT2D eigenvalue weighted by atomic mass is 35.5. The molecule has 1 aliphatic carbocycles. The minimum Gasteiger partial charge on any atom is -0.410 e. The second-order valence-electron chi connectivity index (χ2n) is 10.1. The SMILES string of the molecule is CCN(C(=O)Oc1ccc(Cl)cc1)C1CCN(C(C)C[C@H](NC(=O)C2CCC2)c2ccccc2)CC1. The summed E-state index contributed by atoms with van der Waals surface area (Å²) in [5, 5.41) is 3.95. The molecule has 1 aliphatic heterocycles. The Balaban J connectivity index is 1.32. The predicted octanol–water partition coefficient (Wildman–Crippen LogP) is 6.06. The van der Waals surface area contributed by atoms with Gasteiger partial charge in [-0.3, -0.25) is 4.79 Å². The van der Waals surface area contributed by atoms with Gasteiger partial charge in [0.2, 0.25) is 5.91 Å². The van der Waals surface area contributed by atoms with E-state index in [1.54, 1.807) is 24.3 Å². The minimum atomic E-state index is -0.311. The van der Waals surface area contributed by atoms with Gasteiger partial charge >= 0.3 is 6.09 Å². The van der Waals surface area contributed by atoms with Crippen molar-refractivity contribution in [3.8, 4) is 5.75 Å². The first kappa shape index (κ1) is 26.5. The maximum atomic E-state index is 12.8. The zero-order valence-corrected chi connectivity index (χ0v) is 22.1. The lowest BCUT2D eigenvalue weighted by Gasteiger charge is -2.41. The van der Waals surface area contributed by atoms with Gasteiger partial charge in [0, 0.05) is 42.7 Å². The second-order valence-corrected chi connectivity index (χ2v) is 10.5. The van der Waals surface area contributed by atoms with E-state index in [0.29, 0.717) is 23.4 Å². The van der Waals surface area contributed by atoms with Crippen molar-refractivity contribution in [2.24, 2.45) is 5.92 Å². The molecule has 6 nitrogen and oxygen atoms in total. The summed E-state index contributed by atoms with van der Waals surface area (Å²) >= 11 is 5.94. The van der Waals surface area contributed by atoms with Crippen molar-refractivity contribution < 1.29 is 14.3 Å². The number of ether oxygens (including phenoxy) is 1. The number of likely N-dealkylation sites (tertiary alicyclic amines) is 1. The highest BCUT2D eigenvalue weighted by Crippen LogP contribution is 2.29. The number of nitrogens with one attached hydrogen (secondary N) is 1. The van der Waals surface area contributed by atoms with E-state index in [4.69, 9.17) is 16.3 Å². The fraction of sp³-hybridized carbons (Fsp3) is 0.517. The van der Waals surface area contributed by atoms with Crippen molar-refractivity contribution in [3.05, 3.63) is 65.2 Å². The maximum Gasteiger partial charge on any atom is 0.415 e. The molecule has 2 aromatic rings. The van der Waals surface area contributed by atoms with E-state index in [0.717, 1.165) is 57.2 Å². The van der Waals surface area contributed by atoms with E-state index in [2.05, 4.69) is 29.3 Å². The number of rotatable bonds is 9. The molecule has 194 valence electrons. The molecule has 0 radical (unpaired) electrons. The fourth-order valence-corrected chi connectivity index (χ4v) is 5.38. The van der Waals surface area contributed by atoms with Crippen LogP contribution in [-0.2, 0) is 4.79 Å². The van der Waals surface area contributed by atoms with Crippen LogP contribution in [0.2, 0.25) is 5.02 Å². The third-order valence-electron chi connectivity index (χ3n) is 7.73. The van der Waals surface area contributed by atoms with E-state index in [-0.39, 0.29) is 30.0 Å². The summed E-state index contributed by atoms with van der Waals surface area (Å²) < 4.78 is 5.60. The van der Waals surface area contributed by atoms with Gasteiger partial charge in [0.05, 0.1) is 6.04 Å². The zero-order chi connectivity index (χ0) is 25.5. The molecule has 7 heteroatoms. The summed E-state index contributed by atoms with van der Waals surface area (Å²) in [7, 11) is 0. The van der Waals surface area contributed by atoms with Crippen LogP contribution in [0.4, 0.5) is 4.79 Å². The monoisotopic (exact) mass is 511 g/mol. The van der Waals surface area contributed by atoms with Crippen molar-refractivity contribution in [1.82, 2.24) is 15.1 Å². The topological polar surface area (TPSA) is 61.9 Å². The van der Waals surface area contributed by atoms with Gasteiger partial charge < -0.3 is 19.9 Å². The number of hydrogen-bond acceptors (Lipinski definition) is 4. The predicted molar refractivity (Wildman–Crippen MR) is 143 cm³/mol. The standard InChI is InChI=1S/C29H38ClN3O3/c1-3-33(29(35)36-26-14-12-24(30)13-15-26)25-16-18-32(19-17-25)21(2)20-27(22-8-5-4-6-9-22)31-28(34)23-10-7-11-23/h4-6,8-9,12-15,21,23,25,27H,3,7,10-11,16-20H2,1-2H3,(H,31,34)/t21?,27-/m0/s1. The molecule has 2 aromatic carbocycles. The molecule has 0 aromatic heterocycles. The van der Waals surface area contributed by atoms with Crippen LogP contribution in [-0.4, -0.2) is 53.5 Å². The van der Waals surface area contributed by atoms with Crippen LogP contribution in [0.5, 0.6) is 5.75 Å². The van der Waals surface area contributed by atoms with E-state index in [1.807, 2.05) is 30.0 Å². The molecular formula is C29H38ClN3O3. The van der Waals surface area contributed by atoms with Gasteiger partial charge in [-0.2, -0.15) is 0 Å². The van der Waals surface area contributed by atoms with Crippen LogP contribution in [0.1, 0.15) is 64.0 Å². The molecule has 2 amide bonds. The van der Waals surface area contributed by atoms with Crippen molar-refractivity contribution in [2.45, 2.75) is 70.5 Å². The summed E-state index contributed by atoms with van der Waals surface area (Å²) in [5.41, 5.74) is 1.16. The average Bonchev–Trinajstić information content (AvgIpc) is 2.85. The van der Waals surface area contributed by atoms with Gasteiger partial charge in [0.25, 0.3) is 0 Å². The number of carbonyl (C=O) groups is 2. The molecule has 1 N–H and O–H groups in total. The van der Waals surface area contributed by atoms with E-state index in [1.165, 1.54) is 0 Å². The lowest BCUT2D eigenvalue weighted by atomic mass is 9.84. The Morgan fingerprint density at radius 2 is 1.72 bits per heavy atom. The Labute approximate surface area is 219 Å². The van der Waals surface area contributed by atoms with Gasteiger partial charge in [-0.15, -0.1) is 0 Å². The number of nitrogens with zero attached hydrogens (tertiary/aromatic N) is 2. The quantitative estimate of drug-likeness (QED) is 0.444. The highest BCUT2D eigenvalue weighted by Gasteiger charge is 2.32. The number of benzene rings is 2. The van der Waals surface area contributed by atoms with Gasteiger partial charge in [-0.25, -0.2) is 4.79 Å². The fourth-order valence-electron chi connectivity index (χ4n) is 5.25. The Kier molecular flexibility index (Phi) is 9.27. The second kappa shape index (κ2) is 12.6. The molecular weight excluding hydrogens is 474 g/mol. The first-order valence-corrected chi connectivity index (χ1v) is 13.7. The number of carbonyl (C=O) groups excluding carboxylic acids is 2. The van der Waals surface area contributed by atoms with E-state index in [9.17, 15) is 9.59 Å². The molecule has 0 spiro atoms. The maximum absolute atomic E-state index is 12.8. The van der Waals surface area contributed by atoms with Gasteiger partial charge in [0.1, 0.15) is 5.75 Å². The minimum absolute atomic E-state index is 0.00789. The first-order valence-electron chi connectivity index (χ1n) is 13.3. The summed E-state index contributed by atoms with van der Waals surface area (Å²) in [5.74, 6) is 0.874. The summed E-state index contributed by atoms with van der Waals surface area (Å²) in [6.45, 7) is 6.67. The van der Waals surface area contributed by atoms with E-state index < -0.39 is 0 Å². The zero-order valence-electron chi connectivity index (χ0n) is 21.4. The van der Waals surface area contributed by atoms with Crippen LogP contribution >= 0.6 is 11.6 Å². The van der Waals surface area contributed by atoms with Crippen molar-refractivity contribution in [3.63, 3.8) is 0 Å². The molecule has 1 saturated carbocycles. The number of piperidine rings is 1. The summed E-state index contributed by atoms with van der Waals surface area (Å²) in [6, 6.07) is 17.6. The van der Waals surface area contributed by atoms with Crippen LogP contribution < -0.4 is 10.1 Å². The van der Waals surface area contributed by atoms with Gasteiger partial charge in [-0.1, -0.05) is 48.4 Å². The molecule has 1 unspecified atom stereocenters. The van der Waals surface area contributed by atoms with Gasteiger partial charge in [-0.05, 0) is 75.8 Å².